The molecule has 1 aliphatic rings. The molecule has 1 rings (SSSR count). The smallest absolute Gasteiger partial charge is 0.279 e. The van der Waals surface area contributed by atoms with Gasteiger partial charge in [0.1, 0.15) is 0 Å². The van der Waals surface area contributed by atoms with Crippen molar-refractivity contribution in [3.05, 3.63) is 0 Å². The molecule has 0 amide bonds. The maximum absolute atomic E-state index is 11.8. The van der Waals surface area contributed by atoms with E-state index in [0.717, 1.165) is 6.42 Å². The lowest BCUT2D eigenvalue weighted by Gasteiger charge is -2.23. The SMILES string of the molecule is CC(C)NS(=O)(=O)N1CCC(C)(CN)C1.Cl. The van der Waals surface area contributed by atoms with Crippen LogP contribution in [-0.4, -0.2) is 38.4 Å². The number of rotatable bonds is 4. The molecule has 0 aromatic carbocycles. The third kappa shape index (κ3) is 3.85. The van der Waals surface area contributed by atoms with Gasteiger partial charge in [-0.3, -0.25) is 0 Å². The van der Waals surface area contributed by atoms with Gasteiger partial charge in [-0.2, -0.15) is 17.4 Å². The van der Waals surface area contributed by atoms with E-state index in [9.17, 15) is 8.42 Å². The van der Waals surface area contributed by atoms with Crippen LogP contribution in [0.2, 0.25) is 0 Å². The number of hydrogen-bond donors (Lipinski definition) is 2. The van der Waals surface area contributed by atoms with Crippen molar-refractivity contribution in [3.8, 4) is 0 Å². The van der Waals surface area contributed by atoms with Gasteiger partial charge in [0, 0.05) is 19.1 Å². The summed E-state index contributed by atoms with van der Waals surface area (Å²) in [6, 6.07) is -0.0697. The topological polar surface area (TPSA) is 75.4 Å². The van der Waals surface area contributed by atoms with Gasteiger partial charge in [0.05, 0.1) is 0 Å². The zero-order chi connectivity index (χ0) is 11.7. The van der Waals surface area contributed by atoms with E-state index in [1.54, 1.807) is 0 Å². The van der Waals surface area contributed by atoms with Crippen LogP contribution in [0.15, 0.2) is 0 Å². The Morgan fingerprint density at radius 1 is 1.50 bits per heavy atom. The summed E-state index contributed by atoms with van der Waals surface area (Å²) < 4.78 is 27.7. The van der Waals surface area contributed by atoms with Crippen molar-refractivity contribution in [1.82, 2.24) is 9.03 Å². The highest BCUT2D eigenvalue weighted by molar-refractivity contribution is 7.87. The second-order valence-electron chi connectivity index (χ2n) is 4.88. The molecule has 1 unspecified atom stereocenters. The number of nitrogens with two attached hydrogens (primary N) is 1. The van der Waals surface area contributed by atoms with Gasteiger partial charge in [-0.15, -0.1) is 12.4 Å². The van der Waals surface area contributed by atoms with E-state index >= 15 is 0 Å². The van der Waals surface area contributed by atoms with Crippen molar-refractivity contribution >= 4 is 22.6 Å². The molecule has 0 saturated carbocycles. The molecule has 5 nitrogen and oxygen atoms in total. The summed E-state index contributed by atoms with van der Waals surface area (Å²) >= 11 is 0. The molecule has 0 bridgehead atoms. The van der Waals surface area contributed by atoms with Crippen LogP contribution in [0.5, 0.6) is 0 Å². The summed E-state index contributed by atoms with van der Waals surface area (Å²) in [5.41, 5.74) is 5.57. The number of hydrogen-bond acceptors (Lipinski definition) is 3. The fourth-order valence-electron chi connectivity index (χ4n) is 1.72. The predicted molar refractivity (Wildman–Crippen MR) is 67.8 cm³/mol. The first-order valence-corrected chi connectivity index (χ1v) is 6.70. The fourth-order valence-corrected chi connectivity index (χ4v) is 3.28. The molecule has 1 fully saturated rings. The summed E-state index contributed by atoms with van der Waals surface area (Å²) in [7, 11) is -3.31. The van der Waals surface area contributed by atoms with Gasteiger partial charge in [-0.05, 0) is 32.2 Å². The van der Waals surface area contributed by atoms with E-state index < -0.39 is 10.2 Å². The molecule has 98 valence electrons. The van der Waals surface area contributed by atoms with Gasteiger partial charge >= 0.3 is 0 Å². The zero-order valence-corrected chi connectivity index (χ0v) is 11.7. The van der Waals surface area contributed by atoms with Gasteiger partial charge in [0.2, 0.25) is 0 Å². The first kappa shape index (κ1) is 16.1. The van der Waals surface area contributed by atoms with Crippen molar-refractivity contribution < 1.29 is 8.42 Å². The van der Waals surface area contributed by atoms with Crippen molar-refractivity contribution in [2.24, 2.45) is 11.1 Å². The Morgan fingerprint density at radius 3 is 2.44 bits per heavy atom. The Hall–Kier alpha value is 0.120. The van der Waals surface area contributed by atoms with E-state index in [0.29, 0.717) is 19.6 Å². The minimum atomic E-state index is -3.31. The Kier molecular flexibility index (Phi) is 5.68. The standard InChI is InChI=1S/C9H21N3O2S.ClH/c1-8(2)11-15(13,14)12-5-4-9(3,6-10)7-12;/h8,11H,4-7,10H2,1-3H3;1H. The maximum atomic E-state index is 11.8. The van der Waals surface area contributed by atoms with Gasteiger partial charge in [0.15, 0.2) is 0 Å². The molecule has 7 heteroatoms. The molecule has 1 heterocycles. The normalized spacial score (nSPS) is 27.1. The van der Waals surface area contributed by atoms with Crippen molar-refractivity contribution in [3.63, 3.8) is 0 Å². The number of nitrogens with one attached hydrogen (secondary N) is 1. The molecule has 3 N–H and O–H groups in total. The fraction of sp³-hybridized carbons (Fsp3) is 1.00. The second kappa shape index (κ2) is 5.64. The maximum Gasteiger partial charge on any atom is 0.279 e. The molecule has 0 radical (unpaired) electrons. The first-order chi connectivity index (χ1) is 6.79. The van der Waals surface area contributed by atoms with Crippen LogP contribution >= 0.6 is 12.4 Å². The van der Waals surface area contributed by atoms with Crippen LogP contribution < -0.4 is 10.5 Å². The van der Waals surface area contributed by atoms with E-state index in [4.69, 9.17) is 5.73 Å². The third-order valence-corrected chi connectivity index (χ3v) is 4.50. The van der Waals surface area contributed by atoms with Gasteiger partial charge < -0.3 is 5.73 Å². The molecule has 16 heavy (non-hydrogen) atoms. The van der Waals surface area contributed by atoms with Gasteiger partial charge in [-0.25, -0.2) is 0 Å². The van der Waals surface area contributed by atoms with Crippen LogP contribution in [0.3, 0.4) is 0 Å². The molecule has 0 spiro atoms. The molecule has 1 aliphatic heterocycles. The molecular weight excluding hydrogens is 250 g/mol. The van der Waals surface area contributed by atoms with E-state index in [1.165, 1.54) is 4.31 Å². The van der Waals surface area contributed by atoms with Gasteiger partial charge in [0.25, 0.3) is 10.2 Å². The monoisotopic (exact) mass is 271 g/mol. The highest BCUT2D eigenvalue weighted by Gasteiger charge is 2.38. The molecule has 1 saturated heterocycles. The van der Waals surface area contributed by atoms with Crippen LogP contribution in [0, 0.1) is 5.41 Å². The van der Waals surface area contributed by atoms with Crippen LogP contribution in [0.1, 0.15) is 27.2 Å². The molecule has 1 atom stereocenters. The van der Waals surface area contributed by atoms with Crippen LogP contribution in [0.25, 0.3) is 0 Å². The predicted octanol–water partition coefficient (Wildman–Crippen LogP) is 0.322. The highest BCUT2D eigenvalue weighted by atomic mass is 35.5. The molecule has 0 aromatic rings. The van der Waals surface area contributed by atoms with E-state index in [1.807, 2.05) is 20.8 Å². The van der Waals surface area contributed by atoms with Crippen molar-refractivity contribution in [1.29, 1.82) is 0 Å². The minimum Gasteiger partial charge on any atom is -0.330 e. The quantitative estimate of drug-likeness (QED) is 0.773. The first-order valence-electron chi connectivity index (χ1n) is 5.26. The Morgan fingerprint density at radius 2 is 2.06 bits per heavy atom. The third-order valence-electron chi connectivity index (χ3n) is 2.74. The largest absolute Gasteiger partial charge is 0.330 e. The number of nitrogens with zero attached hydrogens (tertiary/aromatic N) is 1. The average Bonchev–Trinajstić information content (AvgIpc) is 2.47. The lowest BCUT2D eigenvalue weighted by Crippen LogP contribution is -2.43. The summed E-state index contributed by atoms with van der Waals surface area (Å²) in [4.78, 5) is 0. The highest BCUT2D eigenvalue weighted by Crippen LogP contribution is 2.29. The minimum absolute atomic E-state index is 0. The molecule has 0 aromatic heterocycles. The Balaban J connectivity index is 0.00000225. The summed E-state index contributed by atoms with van der Waals surface area (Å²) in [6.45, 7) is 7.27. The summed E-state index contributed by atoms with van der Waals surface area (Å²) in [6.07, 6.45) is 0.836. The van der Waals surface area contributed by atoms with E-state index in [2.05, 4.69) is 4.72 Å². The number of halogens is 1. The average molecular weight is 272 g/mol. The van der Waals surface area contributed by atoms with E-state index in [-0.39, 0.29) is 23.9 Å². The van der Waals surface area contributed by atoms with Crippen LogP contribution in [-0.2, 0) is 10.2 Å². The van der Waals surface area contributed by atoms with Crippen LogP contribution in [0.4, 0.5) is 0 Å². The molecular formula is C9H22ClN3O2S. The molecule has 0 aliphatic carbocycles. The van der Waals surface area contributed by atoms with Crippen molar-refractivity contribution in [2.45, 2.75) is 33.2 Å². The lowest BCUT2D eigenvalue weighted by atomic mass is 9.90. The Labute approximate surface area is 104 Å². The zero-order valence-electron chi connectivity index (χ0n) is 10.1. The summed E-state index contributed by atoms with van der Waals surface area (Å²) in [5, 5.41) is 0. The lowest BCUT2D eigenvalue weighted by molar-refractivity contribution is 0.347. The van der Waals surface area contributed by atoms with Gasteiger partial charge in [-0.1, -0.05) is 6.92 Å². The Bertz CT molecular complexity index is 321. The summed E-state index contributed by atoms with van der Waals surface area (Å²) in [5.74, 6) is 0. The van der Waals surface area contributed by atoms with Crippen molar-refractivity contribution in [2.75, 3.05) is 19.6 Å². The second-order valence-corrected chi connectivity index (χ2v) is 6.58.